The van der Waals surface area contributed by atoms with Crippen molar-refractivity contribution in [2.45, 2.75) is 0 Å². The summed E-state index contributed by atoms with van der Waals surface area (Å²) in [7, 11) is 0. The summed E-state index contributed by atoms with van der Waals surface area (Å²) in [5.41, 5.74) is 8.79. The second-order valence-corrected chi connectivity index (χ2v) is 5.08. The van der Waals surface area contributed by atoms with Crippen LogP contribution in [0.2, 0.25) is 0 Å². The van der Waals surface area contributed by atoms with Crippen LogP contribution in [0.25, 0.3) is 22.4 Å². The van der Waals surface area contributed by atoms with Crippen molar-refractivity contribution in [2.24, 2.45) is 0 Å². The molecule has 6 heteroatoms. The molecule has 100 valence electrons. The van der Waals surface area contributed by atoms with Gasteiger partial charge < -0.3 is 5.73 Å². The minimum Gasteiger partial charge on any atom is -0.382 e. The number of halogens is 2. The van der Waals surface area contributed by atoms with E-state index in [-0.39, 0.29) is 0 Å². The summed E-state index contributed by atoms with van der Waals surface area (Å²) < 4.78 is 14.2. The van der Waals surface area contributed by atoms with E-state index in [2.05, 4.69) is 31.1 Å². The van der Waals surface area contributed by atoms with Gasteiger partial charge in [0.25, 0.3) is 0 Å². The molecular formula is C14H10BrFN4. The van der Waals surface area contributed by atoms with Gasteiger partial charge in [0.05, 0.1) is 17.5 Å². The molecule has 3 N–H and O–H groups in total. The number of rotatable bonds is 2. The van der Waals surface area contributed by atoms with E-state index in [0.717, 1.165) is 21.8 Å². The molecule has 0 unspecified atom stereocenters. The van der Waals surface area contributed by atoms with Crippen LogP contribution in [0.3, 0.4) is 0 Å². The standard InChI is InChI=1S/C14H10BrFN4/c15-11-4-2-1-3-10(11)12-13(19-20-14(12)17)8-5-9(16)7-18-6-8/h1-7H,(H3,17,19,20). The van der Waals surface area contributed by atoms with Crippen molar-refractivity contribution in [2.75, 3.05) is 5.73 Å². The maximum atomic E-state index is 13.3. The second-order valence-electron chi connectivity index (χ2n) is 4.23. The smallest absolute Gasteiger partial charge is 0.153 e. The van der Waals surface area contributed by atoms with Gasteiger partial charge in [-0.05, 0) is 12.1 Å². The minimum atomic E-state index is -0.409. The highest BCUT2D eigenvalue weighted by molar-refractivity contribution is 9.10. The van der Waals surface area contributed by atoms with Crippen molar-refractivity contribution in [3.8, 4) is 22.4 Å². The van der Waals surface area contributed by atoms with Gasteiger partial charge in [-0.2, -0.15) is 5.10 Å². The van der Waals surface area contributed by atoms with Gasteiger partial charge in [-0.1, -0.05) is 34.1 Å². The molecule has 0 aliphatic carbocycles. The zero-order chi connectivity index (χ0) is 14.1. The molecule has 2 heterocycles. The first-order valence-electron chi connectivity index (χ1n) is 5.86. The Balaban J connectivity index is 2.23. The largest absolute Gasteiger partial charge is 0.382 e. The number of nitrogens with zero attached hydrogens (tertiary/aromatic N) is 2. The molecule has 0 spiro atoms. The topological polar surface area (TPSA) is 67.6 Å². The van der Waals surface area contributed by atoms with Crippen molar-refractivity contribution in [3.63, 3.8) is 0 Å². The molecule has 0 saturated carbocycles. The Morgan fingerprint density at radius 2 is 2.00 bits per heavy atom. The van der Waals surface area contributed by atoms with Crippen molar-refractivity contribution in [1.29, 1.82) is 0 Å². The SMILES string of the molecule is Nc1n[nH]c(-c2cncc(F)c2)c1-c1ccccc1Br. The number of nitrogens with one attached hydrogen (secondary N) is 1. The van der Waals surface area contributed by atoms with E-state index in [1.54, 1.807) is 6.20 Å². The summed E-state index contributed by atoms with van der Waals surface area (Å²) in [6.07, 6.45) is 2.72. The van der Waals surface area contributed by atoms with Crippen LogP contribution in [0.15, 0.2) is 47.2 Å². The molecule has 0 amide bonds. The number of hydrogen-bond donors (Lipinski definition) is 2. The monoisotopic (exact) mass is 332 g/mol. The van der Waals surface area contributed by atoms with Crippen LogP contribution in [0, 0.1) is 5.82 Å². The normalized spacial score (nSPS) is 10.7. The van der Waals surface area contributed by atoms with Gasteiger partial charge >= 0.3 is 0 Å². The van der Waals surface area contributed by atoms with Crippen LogP contribution in [0.1, 0.15) is 0 Å². The Hall–Kier alpha value is -2.21. The van der Waals surface area contributed by atoms with Crippen LogP contribution in [-0.4, -0.2) is 15.2 Å². The van der Waals surface area contributed by atoms with E-state index in [4.69, 9.17) is 5.73 Å². The molecule has 3 aromatic rings. The first-order chi connectivity index (χ1) is 9.66. The maximum Gasteiger partial charge on any atom is 0.153 e. The van der Waals surface area contributed by atoms with E-state index < -0.39 is 5.82 Å². The Kier molecular flexibility index (Phi) is 3.23. The Morgan fingerprint density at radius 3 is 2.75 bits per heavy atom. The van der Waals surface area contributed by atoms with Crippen molar-refractivity contribution >= 4 is 21.7 Å². The number of aromatic nitrogens is 3. The lowest BCUT2D eigenvalue weighted by molar-refractivity contribution is 0.622. The summed E-state index contributed by atoms with van der Waals surface area (Å²) in [5.74, 6) is -0.0510. The van der Waals surface area contributed by atoms with Crippen LogP contribution < -0.4 is 5.73 Å². The Bertz CT molecular complexity index is 769. The van der Waals surface area contributed by atoms with Crippen molar-refractivity contribution in [1.82, 2.24) is 15.2 Å². The average Bonchev–Trinajstić information content (AvgIpc) is 2.81. The molecule has 0 atom stereocenters. The molecule has 4 nitrogen and oxygen atoms in total. The highest BCUT2D eigenvalue weighted by Crippen LogP contribution is 2.38. The fourth-order valence-electron chi connectivity index (χ4n) is 2.05. The number of anilines is 1. The minimum absolute atomic E-state index is 0.358. The number of H-pyrrole nitrogens is 1. The fourth-order valence-corrected chi connectivity index (χ4v) is 2.53. The van der Waals surface area contributed by atoms with Gasteiger partial charge in [-0.25, -0.2) is 4.39 Å². The molecule has 2 aromatic heterocycles. The van der Waals surface area contributed by atoms with Crippen LogP contribution in [0.5, 0.6) is 0 Å². The van der Waals surface area contributed by atoms with E-state index in [0.29, 0.717) is 17.1 Å². The summed E-state index contributed by atoms with van der Waals surface area (Å²) >= 11 is 3.49. The summed E-state index contributed by atoms with van der Waals surface area (Å²) in [6.45, 7) is 0. The second kappa shape index (κ2) is 5.05. The molecule has 20 heavy (non-hydrogen) atoms. The quantitative estimate of drug-likeness (QED) is 0.753. The molecule has 0 fully saturated rings. The first-order valence-corrected chi connectivity index (χ1v) is 6.66. The predicted octanol–water partition coefficient (Wildman–Crippen LogP) is 3.62. The van der Waals surface area contributed by atoms with Crippen molar-refractivity contribution < 1.29 is 4.39 Å². The van der Waals surface area contributed by atoms with Crippen LogP contribution in [0.4, 0.5) is 10.2 Å². The average molecular weight is 333 g/mol. The predicted molar refractivity (Wildman–Crippen MR) is 79.3 cm³/mol. The Morgan fingerprint density at radius 1 is 1.20 bits per heavy atom. The van der Waals surface area contributed by atoms with E-state index in [1.165, 1.54) is 6.07 Å². The number of nitrogens with two attached hydrogens (primary N) is 1. The molecule has 1 aromatic carbocycles. The molecular weight excluding hydrogens is 323 g/mol. The lowest BCUT2D eigenvalue weighted by atomic mass is 10.0. The molecule has 3 rings (SSSR count). The fraction of sp³-hybridized carbons (Fsp3) is 0. The molecule has 0 aliphatic rings. The van der Waals surface area contributed by atoms with Crippen molar-refractivity contribution in [3.05, 3.63) is 53.0 Å². The van der Waals surface area contributed by atoms with Gasteiger partial charge in [-0.15, -0.1) is 0 Å². The van der Waals surface area contributed by atoms with Gasteiger partial charge in [0, 0.05) is 21.8 Å². The molecule has 0 saturated heterocycles. The van der Waals surface area contributed by atoms with Gasteiger partial charge in [0.15, 0.2) is 5.82 Å². The van der Waals surface area contributed by atoms with Gasteiger partial charge in [0.1, 0.15) is 5.82 Å². The number of pyridine rings is 1. The maximum absolute atomic E-state index is 13.3. The lowest BCUT2D eigenvalue weighted by Crippen LogP contribution is -1.90. The number of nitrogen functional groups attached to an aromatic ring is 1. The van der Waals surface area contributed by atoms with Crippen LogP contribution in [-0.2, 0) is 0 Å². The third-order valence-corrected chi connectivity index (χ3v) is 3.62. The van der Waals surface area contributed by atoms with E-state index >= 15 is 0 Å². The number of hydrogen-bond acceptors (Lipinski definition) is 3. The third kappa shape index (κ3) is 2.18. The highest BCUT2D eigenvalue weighted by atomic mass is 79.9. The first kappa shape index (κ1) is 12.8. The number of benzene rings is 1. The van der Waals surface area contributed by atoms with Crippen LogP contribution >= 0.6 is 15.9 Å². The zero-order valence-corrected chi connectivity index (χ0v) is 11.9. The highest BCUT2D eigenvalue weighted by Gasteiger charge is 2.17. The summed E-state index contributed by atoms with van der Waals surface area (Å²) in [6, 6.07) is 9.03. The summed E-state index contributed by atoms with van der Waals surface area (Å²) in [4.78, 5) is 3.85. The lowest BCUT2D eigenvalue weighted by Gasteiger charge is -2.06. The summed E-state index contributed by atoms with van der Waals surface area (Å²) in [5, 5.41) is 6.86. The van der Waals surface area contributed by atoms with Gasteiger partial charge in [0.2, 0.25) is 0 Å². The molecule has 0 aliphatic heterocycles. The zero-order valence-electron chi connectivity index (χ0n) is 10.3. The Labute approximate surface area is 123 Å². The van der Waals surface area contributed by atoms with E-state index in [9.17, 15) is 4.39 Å². The molecule has 0 bridgehead atoms. The van der Waals surface area contributed by atoms with E-state index in [1.807, 2.05) is 24.3 Å². The van der Waals surface area contributed by atoms with Gasteiger partial charge in [-0.3, -0.25) is 10.1 Å². The number of aromatic amines is 1. The molecule has 0 radical (unpaired) electrons. The third-order valence-electron chi connectivity index (χ3n) is 2.93.